The van der Waals surface area contributed by atoms with Crippen molar-refractivity contribution < 1.29 is 17.9 Å². The van der Waals surface area contributed by atoms with Crippen molar-refractivity contribution in [2.45, 2.75) is 24.3 Å². The van der Waals surface area contributed by atoms with Crippen molar-refractivity contribution in [3.05, 3.63) is 44.6 Å². The third-order valence-electron chi connectivity index (χ3n) is 4.45. The van der Waals surface area contributed by atoms with E-state index in [0.717, 1.165) is 22.2 Å². The summed E-state index contributed by atoms with van der Waals surface area (Å²) >= 11 is 4.96. The molecule has 0 saturated carbocycles. The summed E-state index contributed by atoms with van der Waals surface area (Å²) in [6, 6.07) is 6.54. The van der Waals surface area contributed by atoms with Gasteiger partial charge in [-0.15, -0.1) is 11.3 Å². The molecule has 146 valence electrons. The Morgan fingerprint density at radius 3 is 2.59 bits per heavy atom. The summed E-state index contributed by atoms with van der Waals surface area (Å²) in [4.78, 5) is 15.5. The van der Waals surface area contributed by atoms with Gasteiger partial charge in [-0.2, -0.15) is 4.31 Å². The molecule has 1 aliphatic rings. The maximum absolute atomic E-state index is 13.0. The molecule has 0 spiro atoms. The molecule has 0 bridgehead atoms. The van der Waals surface area contributed by atoms with Crippen molar-refractivity contribution in [1.82, 2.24) is 9.21 Å². The molecule has 0 N–H and O–H groups in total. The molecule has 0 atom stereocenters. The minimum absolute atomic E-state index is 0.0463. The van der Waals surface area contributed by atoms with Crippen LogP contribution in [0.1, 0.15) is 28.1 Å². The van der Waals surface area contributed by atoms with Crippen LogP contribution in [0.5, 0.6) is 5.75 Å². The molecule has 27 heavy (non-hydrogen) atoms. The molecule has 1 amide bonds. The standard InChI is InChI=1S/C18H21BrN2O4S2/c1-20(11-15-10-14(19)12-26-15)18(22)13-5-6-16(25-2)17(9-13)27(23,24)21-7-3-4-8-21/h5-6,9-10,12H,3-4,7-8,11H2,1-2H3. The Hall–Kier alpha value is -1.42. The summed E-state index contributed by atoms with van der Waals surface area (Å²) in [5, 5.41) is 1.96. The summed E-state index contributed by atoms with van der Waals surface area (Å²) in [7, 11) is -0.551. The van der Waals surface area contributed by atoms with Gasteiger partial charge in [0, 0.05) is 40.4 Å². The van der Waals surface area contributed by atoms with Gasteiger partial charge in [-0.1, -0.05) is 0 Å². The molecule has 1 aliphatic heterocycles. The predicted molar refractivity (Wildman–Crippen MR) is 109 cm³/mol. The van der Waals surface area contributed by atoms with E-state index in [9.17, 15) is 13.2 Å². The molecule has 1 aromatic carbocycles. The van der Waals surface area contributed by atoms with Crippen LogP contribution in [0.4, 0.5) is 0 Å². The topological polar surface area (TPSA) is 66.9 Å². The van der Waals surface area contributed by atoms with Gasteiger partial charge in [0.05, 0.1) is 13.7 Å². The fourth-order valence-electron chi connectivity index (χ4n) is 3.04. The molecular formula is C18H21BrN2O4S2. The summed E-state index contributed by atoms with van der Waals surface area (Å²) in [5.74, 6) is 0.0170. The second kappa shape index (κ2) is 8.30. The molecule has 6 nitrogen and oxygen atoms in total. The molecule has 0 aliphatic carbocycles. The van der Waals surface area contributed by atoms with Crippen LogP contribution in [0.2, 0.25) is 0 Å². The number of halogens is 1. The van der Waals surface area contributed by atoms with E-state index in [0.29, 0.717) is 25.2 Å². The lowest BCUT2D eigenvalue weighted by molar-refractivity contribution is 0.0786. The average molecular weight is 473 g/mol. The molecule has 9 heteroatoms. The minimum Gasteiger partial charge on any atom is -0.495 e. The highest BCUT2D eigenvalue weighted by Crippen LogP contribution is 2.30. The Morgan fingerprint density at radius 1 is 1.30 bits per heavy atom. The zero-order chi connectivity index (χ0) is 19.6. The molecule has 2 aromatic rings. The van der Waals surface area contributed by atoms with Crippen molar-refractivity contribution in [1.29, 1.82) is 0 Å². The first-order chi connectivity index (χ1) is 12.8. The van der Waals surface area contributed by atoms with Crippen molar-refractivity contribution in [2.75, 3.05) is 27.2 Å². The minimum atomic E-state index is -3.69. The third kappa shape index (κ3) is 4.37. The van der Waals surface area contributed by atoms with E-state index in [1.807, 2.05) is 11.4 Å². The number of methoxy groups -OCH3 is 1. The van der Waals surface area contributed by atoms with Crippen molar-refractivity contribution in [3.63, 3.8) is 0 Å². The first-order valence-electron chi connectivity index (χ1n) is 8.49. The van der Waals surface area contributed by atoms with E-state index in [-0.39, 0.29) is 16.6 Å². The van der Waals surface area contributed by atoms with Gasteiger partial charge in [0.15, 0.2) is 0 Å². The lowest BCUT2D eigenvalue weighted by Gasteiger charge is -2.20. The number of hydrogen-bond acceptors (Lipinski definition) is 5. The summed E-state index contributed by atoms with van der Waals surface area (Å²) < 4.78 is 33.6. The summed E-state index contributed by atoms with van der Waals surface area (Å²) in [5.41, 5.74) is 0.326. The zero-order valence-electron chi connectivity index (χ0n) is 15.1. The first kappa shape index (κ1) is 20.3. The normalized spacial score (nSPS) is 15.1. The highest BCUT2D eigenvalue weighted by Gasteiger charge is 2.31. The maximum Gasteiger partial charge on any atom is 0.253 e. The maximum atomic E-state index is 13.0. The summed E-state index contributed by atoms with van der Waals surface area (Å²) in [6.07, 6.45) is 1.69. The van der Waals surface area contributed by atoms with Gasteiger partial charge >= 0.3 is 0 Å². The van der Waals surface area contributed by atoms with Gasteiger partial charge < -0.3 is 9.64 Å². The van der Waals surface area contributed by atoms with Crippen LogP contribution >= 0.6 is 27.3 Å². The Bertz CT molecular complexity index is 937. The Labute approximate surface area is 171 Å². The van der Waals surface area contributed by atoms with Gasteiger partial charge in [0.25, 0.3) is 5.91 Å². The Morgan fingerprint density at radius 2 is 2.00 bits per heavy atom. The molecule has 3 rings (SSSR count). The number of benzene rings is 1. The predicted octanol–water partition coefficient (Wildman–Crippen LogP) is 3.58. The molecular weight excluding hydrogens is 452 g/mol. The second-order valence-corrected chi connectivity index (χ2v) is 10.2. The number of thiophene rings is 1. The van der Waals surface area contributed by atoms with E-state index < -0.39 is 10.0 Å². The van der Waals surface area contributed by atoms with Crippen molar-refractivity contribution in [3.8, 4) is 5.75 Å². The van der Waals surface area contributed by atoms with E-state index in [1.54, 1.807) is 35.4 Å². The number of carbonyl (C=O) groups is 1. The van der Waals surface area contributed by atoms with Gasteiger partial charge in [-0.3, -0.25) is 4.79 Å². The number of carbonyl (C=O) groups excluding carboxylic acids is 1. The van der Waals surface area contributed by atoms with Crippen LogP contribution in [-0.2, 0) is 16.6 Å². The second-order valence-electron chi connectivity index (χ2n) is 6.37. The molecule has 0 radical (unpaired) electrons. The van der Waals surface area contributed by atoms with E-state index in [2.05, 4.69) is 15.9 Å². The number of amides is 1. The average Bonchev–Trinajstić information content (AvgIpc) is 3.32. The van der Waals surface area contributed by atoms with Crippen LogP contribution < -0.4 is 4.74 Å². The van der Waals surface area contributed by atoms with Gasteiger partial charge in [-0.25, -0.2) is 8.42 Å². The molecule has 1 fully saturated rings. The smallest absolute Gasteiger partial charge is 0.253 e. The lowest BCUT2D eigenvalue weighted by Crippen LogP contribution is -2.29. The van der Waals surface area contributed by atoms with Crippen LogP contribution in [0.15, 0.2) is 39.0 Å². The number of nitrogens with zero attached hydrogens (tertiary/aromatic N) is 2. The Balaban J connectivity index is 1.88. The van der Waals surface area contributed by atoms with Gasteiger partial charge in [0.1, 0.15) is 10.6 Å². The fourth-order valence-corrected chi connectivity index (χ4v) is 6.24. The van der Waals surface area contributed by atoms with Crippen molar-refractivity contribution in [2.24, 2.45) is 0 Å². The molecule has 0 unspecified atom stereocenters. The van der Waals surface area contributed by atoms with Gasteiger partial charge in [0.2, 0.25) is 10.0 Å². The van der Waals surface area contributed by atoms with Crippen LogP contribution in [-0.4, -0.2) is 50.8 Å². The largest absolute Gasteiger partial charge is 0.495 e. The number of rotatable bonds is 6. The van der Waals surface area contributed by atoms with Crippen molar-refractivity contribution >= 4 is 43.2 Å². The molecule has 1 aromatic heterocycles. The van der Waals surface area contributed by atoms with Gasteiger partial charge in [-0.05, 0) is 53.0 Å². The third-order valence-corrected chi connectivity index (χ3v) is 8.06. The quantitative estimate of drug-likeness (QED) is 0.644. The highest BCUT2D eigenvalue weighted by atomic mass is 79.9. The van der Waals surface area contributed by atoms with E-state index >= 15 is 0 Å². The number of ether oxygens (including phenoxy) is 1. The van der Waals surface area contributed by atoms with Crippen LogP contribution in [0.3, 0.4) is 0 Å². The first-order valence-corrected chi connectivity index (χ1v) is 11.6. The van der Waals surface area contributed by atoms with Crippen LogP contribution in [0.25, 0.3) is 0 Å². The highest BCUT2D eigenvalue weighted by molar-refractivity contribution is 9.10. The Kier molecular flexibility index (Phi) is 6.25. The molecule has 1 saturated heterocycles. The fraction of sp³-hybridized carbons (Fsp3) is 0.389. The van der Waals surface area contributed by atoms with E-state index in [1.165, 1.54) is 17.5 Å². The number of sulfonamides is 1. The summed E-state index contributed by atoms with van der Waals surface area (Å²) in [6.45, 7) is 1.45. The van der Waals surface area contributed by atoms with E-state index in [4.69, 9.17) is 4.74 Å². The lowest BCUT2D eigenvalue weighted by atomic mass is 10.2. The number of hydrogen-bond donors (Lipinski definition) is 0. The monoisotopic (exact) mass is 472 g/mol. The SMILES string of the molecule is COc1ccc(C(=O)N(C)Cc2cc(Br)cs2)cc1S(=O)(=O)N1CCCC1. The molecule has 2 heterocycles. The zero-order valence-corrected chi connectivity index (χ0v) is 18.4. The van der Waals surface area contributed by atoms with Crippen LogP contribution in [0, 0.1) is 0 Å².